The number of carbonyl (C=O) groups is 2. The second-order valence-electron chi connectivity index (χ2n) is 5.58. The summed E-state index contributed by atoms with van der Waals surface area (Å²) in [5.74, 6) is 1.90. The Balaban J connectivity index is 1.69. The zero-order valence-corrected chi connectivity index (χ0v) is 14.5. The molecule has 6 nitrogen and oxygen atoms in total. The number of thioether (sulfide) groups is 1. The smallest absolute Gasteiger partial charge is 0.282 e. The van der Waals surface area contributed by atoms with Crippen molar-refractivity contribution in [3.63, 3.8) is 0 Å². The maximum atomic E-state index is 12.1. The van der Waals surface area contributed by atoms with E-state index >= 15 is 0 Å². The zero-order chi connectivity index (χ0) is 17.1. The topological polar surface area (TPSA) is 71.8 Å². The molecule has 1 atom stereocenters. The van der Waals surface area contributed by atoms with Crippen molar-refractivity contribution in [1.82, 2.24) is 10.2 Å². The van der Waals surface area contributed by atoms with Crippen LogP contribution in [0.5, 0.6) is 5.75 Å². The molecule has 7 heteroatoms. The van der Waals surface area contributed by atoms with Gasteiger partial charge >= 0.3 is 0 Å². The molecular formula is C17H20N2O4S. The highest BCUT2D eigenvalue weighted by molar-refractivity contribution is 8.13. The van der Waals surface area contributed by atoms with Gasteiger partial charge in [-0.3, -0.25) is 9.59 Å². The van der Waals surface area contributed by atoms with E-state index in [0.717, 1.165) is 11.1 Å². The summed E-state index contributed by atoms with van der Waals surface area (Å²) in [5, 5.41) is 3.77. The summed E-state index contributed by atoms with van der Waals surface area (Å²) >= 11 is 1.25. The number of para-hydroxylation sites is 1. The van der Waals surface area contributed by atoms with Gasteiger partial charge in [0, 0.05) is 17.7 Å². The van der Waals surface area contributed by atoms with Gasteiger partial charge in [0.05, 0.1) is 12.6 Å². The Bertz CT molecular complexity index is 758. The van der Waals surface area contributed by atoms with Gasteiger partial charge in [0.25, 0.3) is 5.24 Å². The molecule has 2 heterocycles. The second kappa shape index (κ2) is 7.17. The van der Waals surface area contributed by atoms with Gasteiger partial charge in [-0.05, 0) is 26.0 Å². The molecule has 0 radical (unpaired) electrons. The average molecular weight is 348 g/mol. The van der Waals surface area contributed by atoms with Crippen molar-refractivity contribution < 1.29 is 18.7 Å². The molecular weight excluding hydrogens is 328 g/mol. The van der Waals surface area contributed by atoms with Crippen LogP contribution in [0, 0.1) is 0 Å². The molecule has 0 bridgehead atoms. The van der Waals surface area contributed by atoms with Crippen molar-refractivity contribution in [3.8, 4) is 5.75 Å². The lowest BCUT2D eigenvalue weighted by molar-refractivity contribution is -0.122. The van der Waals surface area contributed by atoms with E-state index in [4.69, 9.17) is 9.15 Å². The van der Waals surface area contributed by atoms with Gasteiger partial charge in [-0.1, -0.05) is 23.9 Å². The number of benzene rings is 1. The summed E-state index contributed by atoms with van der Waals surface area (Å²) < 4.78 is 11.4. The number of amides is 2. The molecule has 0 spiro atoms. The number of rotatable bonds is 6. The Morgan fingerprint density at radius 3 is 3.04 bits per heavy atom. The monoisotopic (exact) mass is 348 g/mol. The Kier molecular flexibility index (Phi) is 4.99. The van der Waals surface area contributed by atoms with Crippen LogP contribution in [-0.4, -0.2) is 41.5 Å². The van der Waals surface area contributed by atoms with Crippen molar-refractivity contribution in [2.24, 2.45) is 0 Å². The molecule has 1 aromatic heterocycles. The van der Waals surface area contributed by atoms with Gasteiger partial charge < -0.3 is 19.4 Å². The summed E-state index contributed by atoms with van der Waals surface area (Å²) in [6.45, 7) is 5.04. The largest absolute Gasteiger partial charge is 0.490 e. The number of nitrogens with zero attached hydrogens (tertiary/aromatic N) is 1. The Morgan fingerprint density at radius 2 is 2.33 bits per heavy atom. The van der Waals surface area contributed by atoms with E-state index < -0.39 is 0 Å². The summed E-state index contributed by atoms with van der Waals surface area (Å²) in [7, 11) is 0. The third-order valence-corrected chi connectivity index (χ3v) is 4.70. The second-order valence-corrected chi connectivity index (χ2v) is 6.63. The Hall–Kier alpha value is -2.15. The van der Waals surface area contributed by atoms with Crippen LogP contribution in [0.25, 0.3) is 11.0 Å². The van der Waals surface area contributed by atoms with Crippen molar-refractivity contribution in [2.45, 2.75) is 19.9 Å². The minimum Gasteiger partial charge on any atom is -0.490 e. The quantitative estimate of drug-likeness (QED) is 0.868. The Morgan fingerprint density at radius 1 is 1.50 bits per heavy atom. The average Bonchev–Trinajstić information content (AvgIpc) is 3.15. The first kappa shape index (κ1) is 16.7. The molecule has 1 fully saturated rings. The fraction of sp³-hybridized carbons (Fsp3) is 0.412. The van der Waals surface area contributed by atoms with Gasteiger partial charge in [-0.25, -0.2) is 0 Å². The maximum Gasteiger partial charge on any atom is 0.282 e. The van der Waals surface area contributed by atoms with E-state index in [1.165, 1.54) is 11.8 Å². The molecule has 24 heavy (non-hydrogen) atoms. The molecule has 1 aliphatic rings. The molecule has 0 aliphatic carbocycles. The third kappa shape index (κ3) is 3.51. The molecule has 0 unspecified atom stereocenters. The highest BCUT2D eigenvalue weighted by Gasteiger charge is 2.24. The lowest BCUT2D eigenvalue weighted by Crippen LogP contribution is -2.38. The fourth-order valence-electron chi connectivity index (χ4n) is 2.64. The van der Waals surface area contributed by atoms with Crippen LogP contribution in [0.4, 0.5) is 4.79 Å². The number of hydrogen-bond acceptors (Lipinski definition) is 5. The van der Waals surface area contributed by atoms with E-state index in [1.807, 2.05) is 38.1 Å². The Labute approximate surface area is 144 Å². The number of hydrogen-bond donors (Lipinski definition) is 1. The van der Waals surface area contributed by atoms with E-state index in [1.54, 1.807) is 4.90 Å². The SMILES string of the molecule is CCOc1cccc2cc([C@H](C)NC(=O)CN3CCSC3=O)oc12. The van der Waals surface area contributed by atoms with E-state index in [-0.39, 0.29) is 23.7 Å². The minimum absolute atomic E-state index is 0.0390. The fourth-order valence-corrected chi connectivity index (χ4v) is 3.46. The van der Waals surface area contributed by atoms with Crippen molar-refractivity contribution in [2.75, 3.05) is 25.4 Å². The third-order valence-electron chi connectivity index (χ3n) is 3.81. The first-order chi connectivity index (χ1) is 11.6. The van der Waals surface area contributed by atoms with Crippen LogP contribution in [-0.2, 0) is 4.79 Å². The maximum absolute atomic E-state index is 12.1. The van der Waals surface area contributed by atoms with Crippen LogP contribution in [0.2, 0.25) is 0 Å². The van der Waals surface area contributed by atoms with Gasteiger partial charge in [-0.2, -0.15) is 0 Å². The van der Waals surface area contributed by atoms with E-state index in [9.17, 15) is 9.59 Å². The molecule has 3 rings (SSSR count). The lowest BCUT2D eigenvalue weighted by Gasteiger charge is -2.16. The predicted octanol–water partition coefficient (Wildman–Crippen LogP) is 3.18. The van der Waals surface area contributed by atoms with Crippen LogP contribution >= 0.6 is 11.8 Å². The van der Waals surface area contributed by atoms with E-state index in [0.29, 0.717) is 30.2 Å². The number of furan rings is 1. The van der Waals surface area contributed by atoms with Gasteiger partial charge in [0.15, 0.2) is 11.3 Å². The standard InChI is InChI=1S/C17H20N2O4S/c1-3-22-13-6-4-5-12-9-14(23-16(12)13)11(2)18-15(20)10-19-7-8-24-17(19)21/h4-6,9,11H,3,7-8,10H2,1-2H3,(H,18,20)/t11-/m0/s1. The molecule has 2 amide bonds. The van der Waals surface area contributed by atoms with Crippen molar-refractivity contribution in [3.05, 3.63) is 30.0 Å². The lowest BCUT2D eigenvalue weighted by atomic mass is 10.2. The molecule has 1 aliphatic heterocycles. The predicted molar refractivity (Wildman–Crippen MR) is 93.4 cm³/mol. The number of nitrogens with one attached hydrogen (secondary N) is 1. The van der Waals surface area contributed by atoms with Gasteiger partial charge in [-0.15, -0.1) is 0 Å². The van der Waals surface area contributed by atoms with Crippen LogP contribution < -0.4 is 10.1 Å². The summed E-state index contributed by atoms with van der Waals surface area (Å²) in [4.78, 5) is 25.2. The minimum atomic E-state index is -0.287. The number of ether oxygens (including phenoxy) is 1. The molecule has 1 saturated heterocycles. The molecule has 1 N–H and O–H groups in total. The van der Waals surface area contributed by atoms with Crippen molar-refractivity contribution >= 4 is 33.9 Å². The van der Waals surface area contributed by atoms with Gasteiger partial charge in [0.1, 0.15) is 12.3 Å². The summed E-state index contributed by atoms with van der Waals surface area (Å²) in [5.41, 5.74) is 0.682. The van der Waals surface area contributed by atoms with Gasteiger partial charge in [0.2, 0.25) is 5.91 Å². The molecule has 1 aromatic carbocycles. The first-order valence-corrected chi connectivity index (χ1v) is 8.93. The number of fused-ring (bicyclic) bond motifs is 1. The van der Waals surface area contributed by atoms with Crippen LogP contribution in [0.1, 0.15) is 25.6 Å². The normalized spacial score (nSPS) is 15.8. The highest BCUT2D eigenvalue weighted by atomic mass is 32.2. The molecule has 128 valence electrons. The highest BCUT2D eigenvalue weighted by Crippen LogP contribution is 2.31. The van der Waals surface area contributed by atoms with Crippen LogP contribution in [0.15, 0.2) is 28.7 Å². The van der Waals surface area contributed by atoms with Crippen LogP contribution in [0.3, 0.4) is 0 Å². The zero-order valence-electron chi connectivity index (χ0n) is 13.7. The summed E-state index contributed by atoms with van der Waals surface area (Å²) in [6, 6.07) is 7.33. The van der Waals surface area contributed by atoms with E-state index in [2.05, 4.69) is 5.32 Å². The summed E-state index contributed by atoms with van der Waals surface area (Å²) in [6.07, 6.45) is 0. The molecule has 0 saturated carbocycles. The van der Waals surface area contributed by atoms with Crippen molar-refractivity contribution in [1.29, 1.82) is 0 Å². The first-order valence-electron chi connectivity index (χ1n) is 7.94. The molecule has 2 aromatic rings. The number of carbonyl (C=O) groups excluding carboxylic acids is 2.